The van der Waals surface area contributed by atoms with Crippen molar-refractivity contribution in [3.05, 3.63) is 0 Å². The summed E-state index contributed by atoms with van der Waals surface area (Å²) in [6.07, 6.45) is 1.82. The first kappa shape index (κ1) is 13.5. The minimum atomic E-state index is -0.422. The Kier molecular flexibility index (Phi) is 4.33. The Morgan fingerprint density at radius 1 is 1.69 bits per heavy atom. The van der Waals surface area contributed by atoms with Crippen LogP contribution in [0.25, 0.3) is 0 Å². The van der Waals surface area contributed by atoms with E-state index in [1.807, 2.05) is 27.7 Å². The molecule has 3 N–H and O–H groups in total. The lowest BCUT2D eigenvalue weighted by Crippen LogP contribution is -2.56. The Bertz CT molecular complexity index is 257. The molecule has 4 heteroatoms. The van der Waals surface area contributed by atoms with Gasteiger partial charge in [-0.2, -0.15) is 0 Å². The van der Waals surface area contributed by atoms with Crippen LogP contribution in [0, 0.1) is 5.92 Å². The normalized spacial score (nSPS) is 33.4. The molecule has 4 atom stereocenters. The lowest BCUT2D eigenvalue weighted by atomic mass is 9.92. The van der Waals surface area contributed by atoms with E-state index in [0.717, 1.165) is 12.8 Å². The minimum absolute atomic E-state index is 0.0561. The highest BCUT2D eigenvalue weighted by atomic mass is 16.5. The highest BCUT2D eigenvalue weighted by Gasteiger charge is 2.39. The zero-order valence-electron chi connectivity index (χ0n) is 10.7. The van der Waals surface area contributed by atoms with E-state index in [4.69, 9.17) is 10.5 Å². The van der Waals surface area contributed by atoms with Crippen molar-refractivity contribution in [2.75, 3.05) is 6.61 Å². The molecule has 0 aliphatic carbocycles. The van der Waals surface area contributed by atoms with Gasteiger partial charge in [-0.1, -0.05) is 20.3 Å². The third-order valence-corrected chi connectivity index (χ3v) is 3.86. The van der Waals surface area contributed by atoms with Gasteiger partial charge in [0.05, 0.1) is 17.7 Å². The third-order valence-electron chi connectivity index (χ3n) is 3.86. The van der Waals surface area contributed by atoms with E-state index in [9.17, 15) is 4.79 Å². The van der Waals surface area contributed by atoms with Crippen molar-refractivity contribution >= 4 is 5.91 Å². The predicted octanol–water partition coefficient (Wildman–Crippen LogP) is 1.04. The average molecular weight is 228 g/mol. The quantitative estimate of drug-likeness (QED) is 0.755. The summed E-state index contributed by atoms with van der Waals surface area (Å²) in [5.41, 5.74) is 5.64. The smallest absolute Gasteiger partial charge is 0.237 e. The van der Waals surface area contributed by atoms with Gasteiger partial charge in [-0.25, -0.2) is 0 Å². The van der Waals surface area contributed by atoms with Crippen molar-refractivity contribution in [1.82, 2.24) is 5.32 Å². The van der Waals surface area contributed by atoms with Gasteiger partial charge in [0.2, 0.25) is 5.91 Å². The number of nitrogens with two attached hydrogens (primary N) is 1. The van der Waals surface area contributed by atoms with Crippen LogP contribution in [-0.4, -0.2) is 30.2 Å². The number of nitrogens with one attached hydrogen (secondary N) is 1. The number of hydrogen-bond acceptors (Lipinski definition) is 3. The first-order chi connectivity index (χ1) is 7.40. The molecule has 1 aliphatic heterocycles. The van der Waals surface area contributed by atoms with Gasteiger partial charge < -0.3 is 15.8 Å². The van der Waals surface area contributed by atoms with E-state index in [1.165, 1.54) is 0 Å². The van der Waals surface area contributed by atoms with Crippen LogP contribution in [0.15, 0.2) is 0 Å². The molecular formula is C12H24N2O2. The maximum absolute atomic E-state index is 12.0. The summed E-state index contributed by atoms with van der Waals surface area (Å²) < 4.78 is 5.48. The summed E-state index contributed by atoms with van der Waals surface area (Å²) in [5, 5.41) is 3.03. The van der Waals surface area contributed by atoms with Crippen LogP contribution in [-0.2, 0) is 9.53 Å². The van der Waals surface area contributed by atoms with Gasteiger partial charge >= 0.3 is 0 Å². The molecule has 1 aliphatic rings. The molecule has 0 bridgehead atoms. The summed E-state index contributed by atoms with van der Waals surface area (Å²) >= 11 is 0. The standard InChI is InChI=1S/C12H24N2O2/c1-5-8(2)10(13)11(15)14-12(4)6-7-16-9(12)3/h8-10H,5-7,13H2,1-4H3,(H,14,15). The van der Waals surface area contributed by atoms with Crippen molar-refractivity contribution in [1.29, 1.82) is 0 Å². The molecule has 4 unspecified atom stereocenters. The summed E-state index contributed by atoms with van der Waals surface area (Å²) in [6, 6.07) is -0.422. The molecular weight excluding hydrogens is 204 g/mol. The van der Waals surface area contributed by atoms with Crippen LogP contribution < -0.4 is 11.1 Å². The summed E-state index contributed by atoms with van der Waals surface area (Å²) in [5.74, 6) is 0.149. The first-order valence-corrected chi connectivity index (χ1v) is 6.10. The van der Waals surface area contributed by atoms with Crippen LogP contribution in [0.3, 0.4) is 0 Å². The molecule has 94 valence electrons. The van der Waals surface area contributed by atoms with E-state index in [0.29, 0.717) is 6.61 Å². The number of carbonyl (C=O) groups is 1. The van der Waals surface area contributed by atoms with Gasteiger partial charge in [-0.3, -0.25) is 4.79 Å². The fraction of sp³-hybridized carbons (Fsp3) is 0.917. The molecule has 0 aromatic heterocycles. The molecule has 0 aromatic rings. The van der Waals surface area contributed by atoms with Crippen LogP contribution >= 0.6 is 0 Å². The number of hydrogen-bond donors (Lipinski definition) is 2. The predicted molar refractivity (Wildman–Crippen MR) is 64.0 cm³/mol. The number of rotatable bonds is 4. The van der Waals surface area contributed by atoms with Crippen molar-refractivity contribution in [3.63, 3.8) is 0 Å². The zero-order chi connectivity index (χ0) is 12.3. The maximum Gasteiger partial charge on any atom is 0.237 e. The minimum Gasteiger partial charge on any atom is -0.376 e. The van der Waals surface area contributed by atoms with E-state index < -0.39 is 6.04 Å². The van der Waals surface area contributed by atoms with Gasteiger partial charge in [0.1, 0.15) is 0 Å². The maximum atomic E-state index is 12.0. The van der Waals surface area contributed by atoms with E-state index in [1.54, 1.807) is 0 Å². The molecule has 0 aromatic carbocycles. The van der Waals surface area contributed by atoms with Gasteiger partial charge in [0.25, 0.3) is 0 Å². The largest absolute Gasteiger partial charge is 0.376 e. The topological polar surface area (TPSA) is 64.4 Å². The molecule has 1 amide bonds. The lowest BCUT2D eigenvalue weighted by molar-refractivity contribution is -0.125. The molecule has 16 heavy (non-hydrogen) atoms. The Balaban J connectivity index is 2.57. The van der Waals surface area contributed by atoms with E-state index in [2.05, 4.69) is 5.32 Å². The second-order valence-electron chi connectivity index (χ2n) is 5.08. The Morgan fingerprint density at radius 3 is 2.75 bits per heavy atom. The van der Waals surface area contributed by atoms with Crippen molar-refractivity contribution < 1.29 is 9.53 Å². The first-order valence-electron chi connectivity index (χ1n) is 6.10. The van der Waals surface area contributed by atoms with Crippen LogP contribution in [0.4, 0.5) is 0 Å². The molecule has 0 radical (unpaired) electrons. The fourth-order valence-corrected chi connectivity index (χ4v) is 1.88. The van der Waals surface area contributed by atoms with Gasteiger partial charge in [0, 0.05) is 6.61 Å². The highest BCUT2D eigenvalue weighted by molar-refractivity contribution is 5.82. The molecule has 1 saturated heterocycles. The second-order valence-corrected chi connectivity index (χ2v) is 5.08. The SMILES string of the molecule is CCC(C)C(N)C(=O)NC1(C)CCOC1C. The molecule has 1 heterocycles. The Labute approximate surface area is 97.9 Å². The Hall–Kier alpha value is -0.610. The van der Waals surface area contributed by atoms with Gasteiger partial charge in [0.15, 0.2) is 0 Å². The van der Waals surface area contributed by atoms with E-state index in [-0.39, 0.29) is 23.5 Å². The van der Waals surface area contributed by atoms with Crippen molar-refractivity contribution in [3.8, 4) is 0 Å². The fourth-order valence-electron chi connectivity index (χ4n) is 1.88. The monoisotopic (exact) mass is 228 g/mol. The number of amides is 1. The third kappa shape index (κ3) is 2.74. The molecule has 0 saturated carbocycles. The second kappa shape index (κ2) is 5.15. The van der Waals surface area contributed by atoms with Crippen molar-refractivity contribution in [2.45, 2.75) is 58.2 Å². The van der Waals surface area contributed by atoms with Crippen LogP contribution in [0.2, 0.25) is 0 Å². The zero-order valence-corrected chi connectivity index (χ0v) is 10.7. The number of ether oxygens (including phenoxy) is 1. The Morgan fingerprint density at radius 2 is 2.31 bits per heavy atom. The van der Waals surface area contributed by atoms with E-state index >= 15 is 0 Å². The average Bonchev–Trinajstić information content (AvgIpc) is 2.56. The molecule has 4 nitrogen and oxygen atoms in total. The van der Waals surface area contributed by atoms with Crippen LogP contribution in [0.1, 0.15) is 40.5 Å². The molecule has 1 fully saturated rings. The summed E-state index contributed by atoms with van der Waals surface area (Å²) in [4.78, 5) is 12.0. The van der Waals surface area contributed by atoms with Crippen molar-refractivity contribution in [2.24, 2.45) is 11.7 Å². The summed E-state index contributed by atoms with van der Waals surface area (Å²) in [7, 11) is 0. The summed E-state index contributed by atoms with van der Waals surface area (Å²) in [6.45, 7) is 8.76. The number of carbonyl (C=O) groups excluding carboxylic acids is 1. The van der Waals surface area contributed by atoms with Gasteiger partial charge in [-0.15, -0.1) is 0 Å². The van der Waals surface area contributed by atoms with Crippen LogP contribution in [0.5, 0.6) is 0 Å². The molecule has 0 spiro atoms. The molecule has 1 rings (SSSR count). The highest BCUT2D eigenvalue weighted by Crippen LogP contribution is 2.25. The lowest BCUT2D eigenvalue weighted by Gasteiger charge is -2.31. The van der Waals surface area contributed by atoms with Gasteiger partial charge in [-0.05, 0) is 26.2 Å².